The van der Waals surface area contributed by atoms with E-state index < -0.39 is 18.4 Å². The van der Waals surface area contributed by atoms with Gasteiger partial charge in [0.1, 0.15) is 10.6 Å². The highest BCUT2D eigenvalue weighted by Crippen LogP contribution is 2.44. The Labute approximate surface area is 200 Å². The fourth-order valence-electron chi connectivity index (χ4n) is 4.42. The molecular weight excluding hydrogens is 469 g/mol. The molecule has 0 radical (unpaired) electrons. The van der Waals surface area contributed by atoms with E-state index in [4.69, 9.17) is 0 Å². The largest absolute Gasteiger partial charge is 0.573 e. The molecule has 2 aromatic rings. The molecule has 1 fully saturated rings. The van der Waals surface area contributed by atoms with Gasteiger partial charge in [-0.05, 0) is 79.3 Å². The van der Waals surface area contributed by atoms with Crippen LogP contribution in [0.4, 0.5) is 23.7 Å². The van der Waals surface area contributed by atoms with Crippen LogP contribution in [-0.2, 0) is 0 Å². The molecule has 1 aromatic carbocycles. The number of thiophene rings is 1. The standard InChI is InChI=1S/C24H29F3N2O4S/c1-23(2,3)15-6-4-14(5-7-15)20(18-12-13-19(34-18)21(30)31)29-22(32)28-16-8-10-17(11-9-16)33-24(25,26)27/h8-15,20H,4-7H2,1-3H3,(H,30,31)(H2,28,29,32)/t14-,15-,20?. The van der Waals surface area contributed by atoms with E-state index in [0.29, 0.717) is 11.6 Å². The van der Waals surface area contributed by atoms with Gasteiger partial charge in [0.15, 0.2) is 0 Å². The molecule has 0 bridgehead atoms. The third kappa shape index (κ3) is 7.12. The first kappa shape index (κ1) is 25.9. The zero-order valence-electron chi connectivity index (χ0n) is 19.2. The van der Waals surface area contributed by atoms with Gasteiger partial charge >= 0.3 is 18.4 Å². The number of amides is 2. The summed E-state index contributed by atoms with van der Waals surface area (Å²) < 4.78 is 40.9. The van der Waals surface area contributed by atoms with Crippen LogP contribution in [0.3, 0.4) is 0 Å². The lowest BCUT2D eigenvalue weighted by Gasteiger charge is -2.39. The summed E-state index contributed by atoms with van der Waals surface area (Å²) in [6, 6.07) is 7.26. The van der Waals surface area contributed by atoms with E-state index >= 15 is 0 Å². The highest BCUT2D eigenvalue weighted by molar-refractivity contribution is 7.14. The number of halogens is 3. The van der Waals surface area contributed by atoms with Gasteiger partial charge in [-0.25, -0.2) is 9.59 Å². The van der Waals surface area contributed by atoms with Crippen LogP contribution in [0, 0.1) is 17.3 Å². The molecule has 0 aliphatic heterocycles. The van der Waals surface area contributed by atoms with Crippen LogP contribution in [0.5, 0.6) is 5.75 Å². The number of carboxylic acid groups (broad SMARTS) is 1. The quantitative estimate of drug-likeness (QED) is 0.398. The Kier molecular flexibility index (Phi) is 7.80. The second-order valence-corrected chi connectivity index (χ2v) is 10.7. The number of carbonyl (C=O) groups is 2. The summed E-state index contributed by atoms with van der Waals surface area (Å²) in [6.45, 7) is 6.68. The minimum Gasteiger partial charge on any atom is -0.477 e. The van der Waals surface area contributed by atoms with Gasteiger partial charge in [-0.15, -0.1) is 24.5 Å². The van der Waals surface area contributed by atoms with Crippen LogP contribution in [0.2, 0.25) is 0 Å². The third-order valence-electron chi connectivity index (χ3n) is 6.24. The summed E-state index contributed by atoms with van der Waals surface area (Å²) >= 11 is 1.14. The zero-order chi connectivity index (χ0) is 25.1. The van der Waals surface area contributed by atoms with Gasteiger partial charge in [-0.2, -0.15) is 0 Å². The number of hydrogen-bond acceptors (Lipinski definition) is 4. The average molecular weight is 499 g/mol. The summed E-state index contributed by atoms with van der Waals surface area (Å²) in [5, 5.41) is 14.9. The minimum atomic E-state index is -4.79. The van der Waals surface area contributed by atoms with E-state index in [1.807, 2.05) is 0 Å². The van der Waals surface area contributed by atoms with Crippen molar-refractivity contribution < 1.29 is 32.6 Å². The summed E-state index contributed by atoms with van der Waals surface area (Å²) in [7, 11) is 0. The second-order valence-electron chi connectivity index (χ2n) is 9.63. The van der Waals surface area contributed by atoms with Gasteiger partial charge < -0.3 is 20.5 Å². The Balaban J connectivity index is 1.71. The van der Waals surface area contributed by atoms with Gasteiger partial charge in [-0.3, -0.25) is 0 Å². The molecule has 6 nitrogen and oxygen atoms in total. The molecule has 0 spiro atoms. The first-order chi connectivity index (χ1) is 15.8. The zero-order valence-corrected chi connectivity index (χ0v) is 20.1. The van der Waals surface area contributed by atoms with Crippen molar-refractivity contribution in [2.24, 2.45) is 17.3 Å². The Morgan fingerprint density at radius 2 is 1.65 bits per heavy atom. The molecule has 34 heavy (non-hydrogen) atoms. The van der Waals surface area contributed by atoms with Gasteiger partial charge in [-0.1, -0.05) is 20.8 Å². The highest BCUT2D eigenvalue weighted by Gasteiger charge is 2.35. The predicted octanol–water partition coefficient (Wildman–Crippen LogP) is 7.06. The molecule has 1 aromatic heterocycles. The number of nitrogens with one attached hydrogen (secondary N) is 2. The smallest absolute Gasteiger partial charge is 0.477 e. The highest BCUT2D eigenvalue weighted by atomic mass is 32.1. The monoisotopic (exact) mass is 498 g/mol. The number of carboxylic acids is 1. The number of anilines is 1. The summed E-state index contributed by atoms with van der Waals surface area (Å²) in [6.07, 6.45) is -0.952. The van der Waals surface area contributed by atoms with Gasteiger partial charge in [0.05, 0.1) is 6.04 Å². The van der Waals surface area contributed by atoms with Crippen molar-refractivity contribution in [3.8, 4) is 5.75 Å². The van der Waals surface area contributed by atoms with E-state index in [2.05, 4.69) is 36.1 Å². The fourth-order valence-corrected chi connectivity index (χ4v) is 5.41. The molecule has 0 saturated heterocycles. The second kappa shape index (κ2) is 10.2. The van der Waals surface area contributed by atoms with Crippen molar-refractivity contribution in [3.63, 3.8) is 0 Å². The van der Waals surface area contributed by atoms with Crippen molar-refractivity contribution in [1.29, 1.82) is 0 Å². The topological polar surface area (TPSA) is 87.7 Å². The summed E-state index contributed by atoms with van der Waals surface area (Å²) in [5.74, 6) is -0.676. The number of rotatable bonds is 6. The molecule has 1 aliphatic carbocycles. The lowest BCUT2D eigenvalue weighted by atomic mass is 9.68. The van der Waals surface area contributed by atoms with Gasteiger partial charge in [0.2, 0.25) is 0 Å². The first-order valence-electron chi connectivity index (χ1n) is 11.1. The van der Waals surface area contributed by atoms with Crippen molar-refractivity contribution in [1.82, 2.24) is 5.32 Å². The number of alkyl halides is 3. The summed E-state index contributed by atoms with van der Waals surface area (Å²) in [4.78, 5) is 25.1. The average Bonchev–Trinajstić information content (AvgIpc) is 3.22. The van der Waals surface area contributed by atoms with E-state index in [0.717, 1.165) is 54.0 Å². The maximum Gasteiger partial charge on any atom is 0.573 e. The molecule has 1 aliphatic rings. The fraction of sp³-hybridized carbons (Fsp3) is 0.500. The maximum absolute atomic E-state index is 12.8. The molecule has 1 saturated carbocycles. The number of hydrogen-bond donors (Lipinski definition) is 3. The maximum atomic E-state index is 12.8. The Morgan fingerprint density at radius 1 is 1.03 bits per heavy atom. The normalized spacial score (nSPS) is 19.8. The van der Waals surface area contributed by atoms with Crippen molar-refractivity contribution >= 4 is 29.0 Å². The van der Waals surface area contributed by atoms with Crippen LogP contribution >= 0.6 is 11.3 Å². The van der Waals surface area contributed by atoms with E-state index in [1.165, 1.54) is 18.2 Å². The molecule has 3 N–H and O–H groups in total. The van der Waals surface area contributed by atoms with Crippen LogP contribution in [0.25, 0.3) is 0 Å². The van der Waals surface area contributed by atoms with Crippen LogP contribution in [0.1, 0.15) is 67.0 Å². The van der Waals surface area contributed by atoms with Crippen LogP contribution in [0.15, 0.2) is 36.4 Å². The van der Waals surface area contributed by atoms with E-state index in [1.54, 1.807) is 6.07 Å². The number of urea groups is 1. The van der Waals surface area contributed by atoms with Crippen molar-refractivity contribution in [3.05, 3.63) is 46.2 Å². The van der Waals surface area contributed by atoms with Crippen LogP contribution in [-0.4, -0.2) is 23.5 Å². The number of aromatic carboxylic acids is 1. The Bertz CT molecular complexity index is 991. The number of benzene rings is 1. The molecule has 1 unspecified atom stereocenters. The van der Waals surface area contributed by atoms with E-state index in [-0.39, 0.29) is 28.0 Å². The molecule has 1 heterocycles. The van der Waals surface area contributed by atoms with Crippen LogP contribution < -0.4 is 15.4 Å². The Morgan fingerprint density at radius 3 is 2.15 bits per heavy atom. The molecule has 2 amide bonds. The van der Waals surface area contributed by atoms with Crippen molar-refractivity contribution in [2.45, 2.75) is 58.9 Å². The van der Waals surface area contributed by atoms with Gasteiger partial charge in [0, 0.05) is 10.6 Å². The Hall–Kier alpha value is -2.75. The molecule has 186 valence electrons. The number of ether oxygens (including phenoxy) is 1. The predicted molar refractivity (Wildman–Crippen MR) is 124 cm³/mol. The molecular formula is C24H29F3N2O4S. The van der Waals surface area contributed by atoms with Crippen molar-refractivity contribution in [2.75, 3.05) is 5.32 Å². The SMILES string of the molecule is CC(C)(C)[C@H]1CC[C@H](C(NC(=O)Nc2ccc(OC(F)(F)F)cc2)c2ccc(C(=O)O)s2)CC1. The van der Waals surface area contributed by atoms with E-state index in [9.17, 15) is 27.9 Å². The molecule has 1 atom stereocenters. The third-order valence-corrected chi connectivity index (χ3v) is 7.40. The molecule has 10 heteroatoms. The summed E-state index contributed by atoms with van der Waals surface area (Å²) in [5.41, 5.74) is 0.506. The first-order valence-corrected chi connectivity index (χ1v) is 11.9. The minimum absolute atomic E-state index is 0.146. The lowest BCUT2D eigenvalue weighted by Crippen LogP contribution is -2.38. The number of carbonyl (C=O) groups excluding carboxylic acids is 1. The van der Waals surface area contributed by atoms with Gasteiger partial charge in [0.25, 0.3) is 0 Å². The molecule has 3 rings (SSSR count). The lowest BCUT2D eigenvalue weighted by molar-refractivity contribution is -0.274.